The number of hydrogen-bond acceptors (Lipinski definition) is 4. The van der Waals surface area contributed by atoms with Gasteiger partial charge in [0.1, 0.15) is 5.82 Å². The van der Waals surface area contributed by atoms with E-state index in [0.717, 1.165) is 28.9 Å². The van der Waals surface area contributed by atoms with E-state index < -0.39 is 0 Å². The monoisotopic (exact) mass is 502 g/mol. The number of benzene rings is 3. The summed E-state index contributed by atoms with van der Waals surface area (Å²) in [4.78, 5) is 14.9. The first-order valence-electron chi connectivity index (χ1n) is 12.2. The SMILES string of the molecule is CCCNC(=O)N(Cc1ccc(F)cc1)Cc1c(C)nn(-c2ccccc2)c1Oc1ccccc1OC. The molecule has 37 heavy (non-hydrogen) atoms. The zero-order valence-electron chi connectivity index (χ0n) is 21.3. The average molecular weight is 503 g/mol. The van der Waals surface area contributed by atoms with Crippen LogP contribution in [0.25, 0.3) is 5.69 Å². The number of ether oxygens (including phenoxy) is 2. The number of amides is 2. The lowest BCUT2D eigenvalue weighted by atomic mass is 10.2. The summed E-state index contributed by atoms with van der Waals surface area (Å²) in [5, 5.41) is 7.72. The molecule has 0 spiro atoms. The van der Waals surface area contributed by atoms with Gasteiger partial charge in [0.05, 0.1) is 30.6 Å². The fraction of sp³-hybridized carbons (Fsp3) is 0.241. The number of nitrogens with zero attached hydrogens (tertiary/aromatic N) is 3. The Labute approximate surface area is 216 Å². The van der Waals surface area contributed by atoms with Crippen LogP contribution >= 0.6 is 0 Å². The molecule has 0 radical (unpaired) electrons. The molecule has 7 nitrogen and oxygen atoms in total. The Bertz CT molecular complexity index is 1320. The third kappa shape index (κ3) is 6.27. The zero-order valence-corrected chi connectivity index (χ0v) is 21.3. The Kier molecular flexibility index (Phi) is 8.40. The average Bonchev–Trinajstić information content (AvgIpc) is 3.23. The number of urea groups is 1. The second-order valence-electron chi connectivity index (χ2n) is 8.58. The summed E-state index contributed by atoms with van der Waals surface area (Å²) in [7, 11) is 1.59. The standard InChI is InChI=1S/C29H31FN4O3/c1-4-18-31-29(35)33(19-22-14-16-23(30)17-15-22)20-25-21(2)32-34(24-10-6-5-7-11-24)28(25)37-27-13-9-8-12-26(27)36-3/h5-17H,4,18-20H2,1-3H3,(H,31,35). The van der Waals surface area contributed by atoms with Crippen molar-refractivity contribution in [1.82, 2.24) is 20.0 Å². The molecule has 4 rings (SSSR count). The molecule has 1 N–H and O–H groups in total. The third-order valence-electron chi connectivity index (χ3n) is 5.86. The lowest BCUT2D eigenvalue weighted by Gasteiger charge is -2.24. The minimum atomic E-state index is -0.321. The van der Waals surface area contributed by atoms with Crippen LogP contribution in [0, 0.1) is 12.7 Å². The molecule has 0 saturated heterocycles. The van der Waals surface area contributed by atoms with Crippen LogP contribution in [0.1, 0.15) is 30.2 Å². The van der Waals surface area contributed by atoms with Crippen molar-refractivity contribution in [3.05, 3.63) is 102 Å². The van der Waals surface area contributed by atoms with Gasteiger partial charge in [-0.05, 0) is 55.3 Å². The smallest absolute Gasteiger partial charge is 0.318 e. The molecular weight excluding hydrogens is 471 g/mol. The van der Waals surface area contributed by atoms with Gasteiger partial charge in [-0.2, -0.15) is 5.10 Å². The minimum Gasteiger partial charge on any atom is -0.493 e. The first-order valence-corrected chi connectivity index (χ1v) is 12.2. The molecule has 192 valence electrons. The summed E-state index contributed by atoms with van der Waals surface area (Å²) in [6.07, 6.45) is 0.809. The van der Waals surface area contributed by atoms with E-state index in [-0.39, 0.29) is 18.4 Å². The Balaban J connectivity index is 1.76. The molecule has 8 heteroatoms. The van der Waals surface area contributed by atoms with Crippen molar-refractivity contribution < 1.29 is 18.7 Å². The van der Waals surface area contributed by atoms with Crippen LogP contribution in [0.15, 0.2) is 78.9 Å². The molecule has 3 aromatic carbocycles. The quantitative estimate of drug-likeness (QED) is 0.279. The van der Waals surface area contributed by atoms with Gasteiger partial charge in [-0.25, -0.2) is 13.9 Å². The van der Waals surface area contributed by atoms with Crippen LogP contribution in [0.3, 0.4) is 0 Å². The molecule has 1 heterocycles. The first-order chi connectivity index (χ1) is 18.0. The van der Waals surface area contributed by atoms with Crippen molar-refractivity contribution in [3.8, 4) is 23.1 Å². The number of para-hydroxylation sites is 3. The maximum absolute atomic E-state index is 13.5. The summed E-state index contributed by atoms with van der Waals surface area (Å²) in [5.41, 5.74) is 3.11. The van der Waals surface area contributed by atoms with Gasteiger partial charge >= 0.3 is 6.03 Å². The lowest BCUT2D eigenvalue weighted by Crippen LogP contribution is -2.39. The molecule has 0 unspecified atom stereocenters. The van der Waals surface area contributed by atoms with E-state index in [4.69, 9.17) is 14.6 Å². The minimum absolute atomic E-state index is 0.221. The lowest BCUT2D eigenvalue weighted by molar-refractivity contribution is 0.191. The molecule has 0 aliphatic rings. The Morgan fingerprint density at radius 3 is 2.32 bits per heavy atom. The zero-order chi connectivity index (χ0) is 26.2. The molecule has 2 amide bonds. The highest BCUT2D eigenvalue weighted by atomic mass is 19.1. The molecule has 0 aliphatic carbocycles. The Morgan fingerprint density at radius 1 is 0.973 bits per heavy atom. The second-order valence-corrected chi connectivity index (χ2v) is 8.58. The largest absolute Gasteiger partial charge is 0.493 e. The number of carbonyl (C=O) groups is 1. The number of hydrogen-bond donors (Lipinski definition) is 1. The van der Waals surface area contributed by atoms with Crippen molar-refractivity contribution in [3.63, 3.8) is 0 Å². The van der Waals surface area contributed by atoms with Crippen LogP contribution in [0.2, 0.25) is 0 Å². The van der Waals surface area contributed by atoms with Crippen molar-refractivity contribution in [2.24, 2.45) is 0 Å². The van der Waals surface area contributed by atoms with E-state index in [9.17, 15) is 9.18 Å². The summed E-state index contributed by atoms with van der Waals surface area (Å²) >= 11 is 0. The van der Waals surface area contributed by atoms with Crippen molar-refractivity contribution >= 4 is 6.03 Å². The number of methoxy groups -OCH3 is 1. The highest BCUT2D eigenvalue weighted by molar-refractivity contribution is 5.74. The van der Waals surface area contributed by atoms with Gasteiger partial charge in [-0.1, -0.05) is 49.4 Å². The summed E-state index contributed by atoms with van der Waals surface area (Å²) in [5.74, 6) is 1.28. The highest BCUT2D eigenvalue weighted by Crippen LogP contribution is 2.36. The number of nitrogens with one attached hydrogen (secondary N) is 1. The fourth-order valence-electron chi connectivity index (χ4n) is 3.92. The first kappa shape index (κ1) is 25.8. The molecular formula is C29H31FN4O3. The number of rotatable bonds is 10. The van der Waals surface area contributed by atoms with E-state index in [2.05, 4.69) is 5.32 Å². The van der Waals surface area contributed by atoms with Crippen molar-refractivity contribution in [1.29, 1.82) is 0 Å². The van der Waals surface area contributed by atoms with Crippen LogP contribution in [-0.4, -0.2) is 34.4 Å². The van der Waals surface area contributed by atoms with E-state index >= 15 is 0 Å². The molecule has 0 fully saturated rings. The second kappa shape index (κ2) is 12.1. The van der Waals surface area contributed by atoms with Crippen LogP contribution in [-0.2, 0) is 13.1 Å². The summed E-state index contributed by atoms with van der Waals surface area (Å²) < 4.78 is 27.2. The van der Waals surface area contributed by atoms with Gasteiger partial charge in [0, 0.05) is 13.1 Å². The Hall–Kier alpha value is -4.33. The topological polar surface area (TPSA) is 68.6 Å². The summed E-state index contributed by atoms with van der Waals surface area (Å²) in [6, 6.07) is 23.0. The Morgan fingerprint density at radius 2 is 1.65 bits per heavy atom. The van der Waals surface area contributed by atoms with Gasteiger partial charge < -0.3 is 19.7 Å². The highest BCUT2D eigenvalue weighted by Gasteiger charge is 2.24. The van der Waals surface area contributed by atoms with Crippen LogP contribution in [0.5, 0.6) is 17.4 Å². The van der Waals surface area contributed by atoms with Crippen LogP contribution in [0.4, 0.5) is 9.18 Å². The molecule has 1 aromatic heterocycles. The van der Waals surface area contributed by atoms with Gasteiger partial charge in [0.2, 0.25) is 5.88 Å². The third-order valence-corrected chi connectivity index (χ3v) is 5.86. The number of halogens is 1. The van der Waals surface area contributed by atoms with Crippen molar-refractivity contribution in [2.45, 2.75) is 33.4 Å². The fourth-order valence-corrected chi connectivity index (χ4v) is 3.92. The van der Waals surface area contributed by atoms with Gasteiger partial charge in [-0.3, -0.25) is 0 Å². The predicted molar refractivity (Wildman–Crippen MR) is 141 cm³/mol. The maximum Gasteiger partial charge on any atom is 0.318 e. The number of carbonyl (C=O) groups excluding carboxylic acids is 1. The number of aromatic nitrogens is 2. The molecule has 0 saturated carbocycles. The summed E-state index contributed by atoms with van der Waals surface area (Å²) in [6.45, 7) is 4.96. The van der Waals surface area contributed by atoms with Gasteiger partial charge in [0.15, 0.2) is 11.5 Å². The van der Waals surface area contributed by atoms with Crippen molar-refractivity contribution in [2.75, 3.05) is 13.7 Å². The molecule has 4 aromatic rings. The number of aryl methyl sites for hydroxylation is 1. The van der Waals surface area contributed by atoms with E-state index in [1.807, 2.05) is 68.4 Å². The van der Waals surface area contributed by atoms with Crippen LogP contribution < -0.4 is 14.8 Å². The van der Waals surface area contributed by atoms with E-state index in [1.54, 1.807) is 28.8 Å². The molecule has 0 atom stereocenters. The maximum atomic E-state index is 13.5. The molecule has 0 aliphatic heterocycles. The van der Waals surface area contributed by atoms with Gasteiger partial charge in [-0.15, -0.1) is 0 Å². The van der Waals surface area contributed by atoms with Gasteiger partial charge in [0.25, 0.3) is 0 Å². The normalized spacial score (nSPS) is 10.7. The van der Waals surface area contributed by atoms with E-state index in [1.165, 1.54) is 12.1 Å². The van der Waals surface area contributed by atoms with E-state index in [0.29, 0.717) is 30.5 Å². The predicted octanol–water partition coefficient (Wildman–Crippen LogP) is 6.24. The molecule has 0 bridgehead atoms.